The van der Waals surface area contributed by atoms with Gasteiger partial charge in [0.2, 0.25) is 0 Å². The molecule has 284 valence electrons. The molecule has 0 aliphatic heterocycles. The molecule has 3 heterocycles. The van der Waals surface area contributed by atoms with E-state index < -0.39 is 0 Å². The van der Waals surface area contributed by atoms with Crippen molar-refractivity contribution in [1.29, 1.82) is 0 Å². The molecule has 0 bridgehead atoms. The molecular formula is C56H34N4S. The van der Waals surface area contributed by atoms with Crippen molar-refractivity contribution in [3.05, 3.63) is 206 Å². The van der Waals surface area contributed by atoms with Gasteiger partial charge in [0.25, 0.3) is 0 Å². The zero-order chi connectivity index (χ0) is 40.3. The minimum absolute atomic E-state index is 0.623. The first-order valence-electron chi connectivity index (χ1n) is 20.5. The Kier molecular flexibility index (Phi) is 8.32. The lowest BCUT2D eigenvalue weighted by Crippen LogP contribution is -2.00. The number of hydrogen-bond acceptors (Lipinski definition) is 5. The highest BCUT2D eigenvalue weighted by molar-refractivity contribution is 7.24. The van der Waals surface area contributed by atoms with E-state index in [1.54, 1.807) is 0 Å². The van der Waals surface area contributed by atoms with Crippen LogP contribution in [0.15, 0.2) is 206 Å². The Hall–Kier alpha value is -7.86. The van der Waals surface area contributed by atoms with Gasteiger partial charge in [-0.1, -0.05) is 188 Å². The van der Waals surface area contributed by atoms with Crippen LogP contribution in [0.3, 0.4) is 0 Å². The molecule has 0 unspecified atom stereocenters. The number of pyridine rings is 1. The molecule has 0 N–H and O–H groups in total. The number of nitrogens with zero attached hydrogens (tertiary/aromatic N) is 4. The van der Waals surface area contributed by atoms with Crippen LogP contribution in [0.25, 0.3) is 120 Å². The lowest BCUT2D eigenvalue weighted by molar-refractivity contribution is 1.07. The first kappa shape index (κ1) is 35.1. The predicted molar refractivity (Wildman–Crippen MR) is 256 cm³/mol. The third-order valence-corrected chi connectivity index (χ3v) is 13.0. The zero-order valence-electron chi connectivity index (χ0n) is 32.8. The van der Waals surface area contributed by atoms with Crippen LogP contribution in [0.5, 0.6) is 0 Å². The lowest BCUT2D eigenvalue weighted by atomic mass is 9.90. The molecule has 0 aliphatic carbocycles. The van der Waals surface area contributed by atoms with Crippen LogP contribution in [0.4, 0.5) is 0 Å². The Bertz CT molecular complexity index is 3550. The first-order valence-corrected chi connectivity index (χ1v) is 21.3. The summed E-state index contributed by atoms with van der Waals surface area (Å²) in [5, 5.41) is 9.78. The molecule has 61 heavy (non-hydrogen) atoms. The second-order valence-corrected chi connectivity index (χ2v) is 16.3. The summed E-state index contributed by atoms with van der Waals surface area (Å²) < 4.78 is 1.21. The van der Waals surface area contributed by atoms with E-state index in [1.807, 2.05) is 72.0 Å². The molecule has 12 rings (SSSR count). The smallest absolute Gasteiger partial charge is 0.164 e. The summed E-state index contributed by atoms with van der Waals surface area (Å²) in [6.07, 6.45) is 0. The Morgan fingerprint density at radius 1 is 0.295 bits per heavy atom. The molecule has 9 aromatic carbocycles. The molecule has 5 heteroatoms. The molecule has 0 saturated heterocycles. The molecule has 0 amide bonds. The molecule has 0 spiro atoms. The summed E-state index contributed by atoms with van der Waals surface area (Å²) in [5.41, 5.74) is 9.23. The van der Waals surface area contributed by atoms with Gasteiger partial charge < -0.3 is 0 Å². The van der Waals surface area contributed by atoms with Gasteiger partial charge in [-0.3, -0.25) is 0 Å². The number of para-hydroxylation sites is 1. The Morgan fingerprint density at radius 3 is 1.36 bits per heavy atom. The number of rotatable bonds is 6. The Labute approximate surface area is 356 Å². The largest absolute Gasteiger partial charge is 0.247 e. The maximum absolute atomic E-state index is 5.44. The third kappa shape index (κ3) is 5.97. The van der Waals surface area contributed by atoms with Crippen molar-refractivity contribution in [2.75, 3.05) is 0 Å². The van der Waals surface area contributed by atoms with Gasteiger partial charge in [0, 0.05) is 48.2 Å². The van der Waals surface area contributed by atoms with Gasteiger partial charge in [0.05, 0.1) is 11.2 Å². The highest BCUT2D eigenvalue weighted by atomic mass is 32.1. The number of thiophene rings is 1. The Morgan fingerprint density at radius 2 is 0.754 bits per heavy atom. The molecule has 3 aromatic heterocycles. The van der Waals surface area contributed by atoms with Crippen LogP contribution in [-0.4, -0.2) is 19.9 Å². The molecule has 4 nitrogen and oxygen atoms in total. The van der Waals surface area contributed by atoms with E-state index in [0.717, 1.165) is 60.2 Å². The van der Waals surface area contributed by atoms with Crippen molar-refractivity contribution < 1.29 is 0 Å². The van der Waals surface area contributed by atoms with Gasteiger partial charge in [0.1, 0.15) is 0 Å². The summed E-state index contributed by atoms with van der Waals surface area (Å²) in [7, 11) is 0. The van der Waals surface area contributed by atoms with Crippen molar-refractivity contribution in [3.63, 3.8) is 0 Å². The quantitative estimate of drug-likeness (QED) is 0.157. The van der Waals surface area contributed by atoms with Crippen LogP contribution in [0.2, 0.25) is 0 Å². The second kappa shape index (κ2) is 14.5. The number of aromatic nitrogens is 4. The average molecular weight is 795 g/mol. The summed E-state index contributed by atoms with van der Waals surface area (Å²) in [5.74, 6) is 1.90. The van der Waals surface area contributed by atoms with Crippen LogP contribution in [0.1, 0.15) is 0 Å². The third-order valence-electron chi connectivity index (χ3n) is 11.7. The first-order chi connectivity index (χ1) is 30.2. The summed E-state index contributed by atoms with van der Waals surface area (Å²) in [4.78, 5) is 21.8. The van der Waals surface area contributed by atoms with E-state index in [4.69, 9.17) is 19.9 Å². The van der Waals surface area contributed by atoms with E-state index in [1.165, 1.54) is 42.6 Å². The van der Waals surface area contributed by atoms with Crippen LogP contribution < -0.4 is 0 Å². The normalized spacial score (nSPS) is 11.6. The Balaban J connectivity index is 1.15. The van der Waals surface area contributed by atoms with Crippen LogP contribution >= 0.6 is 11.3 Å². The van der Waals surface area contributed by atoms with E-state index in [9.17, 15) is 0 Å². The predicted octanol–water partition coefficient (Wildman–Crippen LogP) is 15.1. The van der Waals surface area contributed by atoms with Crippen molar-refractivity contribution in [2.24, 2.45) is 0 Å². The van der Waals surface area contributed by atoms with Crippen molar-refractivity contribution in [3.8, 4) is 67.0 Å². The molecule has 12 aromatic rings. The average Bonchev–Trinajstić information content (AvgIpc) is 3.76. The number of hydrogen-bond donors (Lipinski definition) is 0. The van der Waals surface area contributed by atoms with Crippen LogP contribution in [0, 0.1) is 0 Å². The van der Waals surface area contributed by atoms with Crippen molar-refractivity contribution in [1.82, 2.24) is 19.9 Å². The fourth-order valence-electron chi connectivity index (χ4n) is 8.87. The molecule has 0 fully saturated rings. The maximum atomic E-state index is 5.44. The van der Waals surface area contributed by atoms with Gasteiger partial charge in [-0.2, -0.15) is 0 Å². The van der Waals surface area contributed by atoms with Crippen molar-refractivity contribution in [2.45, 2.75) is 0 Å². The van der Waals surface area contributed by atoms with Gasteiger partial charge >= 0.3 is 0 Å². The van der Waals surface area contributed by atoms with Gasteiger partial charge in [-0.25, -0.2) is 19.9 Å². The highest BCUT2D eigenvalue weighted by Gasteiger charge is 2.24. The monoisotopic (exact) mass is 794 g/mol. The van der Waals surface area contributed by atoms with E-state index in [0.29, 0.717) is 17.5 Å². The molecule has 0 atom stereocenters. The SMILES string of the molecule is c1ccc(-c2nc(-c3ccccc3)nc(-c3cccc(-c4sc5c(c(-c6ccccc6)nc6ccccc65)c4-c4ccc5c6ccccc6c6ccccc6c5c4)c3)n2)cc1. The zero-order valence-corrected chi connectivity index (χ0v) is 33.6. The number of benzene rings is 9. The topological polar surface area (TPSA) is 51.6 Å². The van der Waals surface area contributed by atoms with Gasteiger partial charge in [0.15, 0.2) is 17.5 Å². The molecule has 0 aliphatic rings. The molecule has 0 saturated carbocycles. The number of fused-ring (bicyclic) bond motifs is 9. The van der Waals surface area contributed by atoms with Crippen molar-refractivity contribution >= 4 is 64.6 Å². The molecular weight excluding hydrogens is 761 g/mol. The molecule has 0 radical (unpaired) electrons. The van der Waals surface area contributed by atoms with E-state index >= 15 is 0 Å². The minimum Gasteiger partial charge on any atom is -0.247 e. The van der Waals surface area contributed by atoms with E-state index in [-0.39, 0.29) is 0 Å². The van der Waals surface area contributed by atoms with Gasteiger partial charge in [-0.15, -0.1) is 11.3 Å². The lowest BCUT2D eigenvalue weighted by Gasteiger charge is -2.14. The fourth-order valence-corrected chi connectivity index (χ4v) is 10.2. The highest BCUT2D eigenvalue weighted by Crippen LogP contribution is 2.51. The summed E-state index contributed by atoms with van der Waals surface area (Å²) >= 11 is 1.83. The minimum atomic E-state index is 0.623. The standard InChI is InChI=1S/C56H34N4S/c1-4-17-35(18-5-1)51-50-49(38-31-32-45-43-27-11-10-25-41(43)42-26-12-13-28-44(42)47(45)34-38)52(61-53(50)46-29-14-15-30-48(46)57-51)39-23-16-24-40(33-39)56-59-54(36-19-6-2-7-20-36)58-55(60-56)37-21-8-3-9-22-37/h1-34H. The van der Waals surface area contributed by atoms with Gasteiger partial charge in [-0.05, 0) is 61.6 Å². The maximum Gasteiger partial charge on any atom is 0.164 e. The van der Waals surface area contributed by atoms with Crippen LogP contribution in [-0.2, 0) is 0 Å². The fraction of sp³-hybridized carbons (Fsp3) is 0. The summed E-state index contributed by atoms with van der Waals surface area (Å²) in [6.45, 7) is 0. The summed E-state index contributed by atoms with van der Waals surface area (Å²) in [6, 6.07) is 72.7. The van der Waals surface area contributed by atoms with E-state index in [2.05, 4.69) is 146 Å². The second-order valence-electron chi connectivity index (χ2n) is 15.3.